The molecule has 0 aromatic carbocycles. The monoisotopic (exact) mass is 475 g/mol. The number of anilines is 2. The van der Waals surface area contributed by atoms with Crippen LogP contribution in [0.4, 0.5) is 30.5 Å². The fraction of sp³-hybridized carbons (Fsp3) is 0.400. The SMILES string of the molecule is [C-]#[N+]c1c(N[C@@H](C)COCc2cc3n(n2)CCN(c2ncc(C(F)(F)F)cn2)C3)cn[nH]c1=O. The van der Waals surface area contributed by atoms with Crippen LogP contribution < -0.4 is 15.8 Å². The average molecular weight is 475 g/mol. The Bertz CT molecular complexity index is 1250. The van der Waals surface area contributed by atoms with Gasteiger partial charge in [0.25, 0.3) is 11.2 Å². The first kappa shape index (κ1) is 23.2. The molecule has 2 N–H and O–H groups in total. The molecule has 178 valence electrons. The number of rotatable bonds is 7. The van der Waals surface area contributed by atoms with Crippen LogP contribution >= 0.6 is 0 Å². The van der Waals surface area contributed by atoms with Gasteiger partial charge in [-0.3, -0.25) is 14.6 Å². The zero-order chi connectivity index (χ0) is 24.3. The summed E-state index contributed by atoms with van der Waals surface area (Å²) < 4.78 is 45.7. The highest BCUT2D eigenvalue weighted by atomic mass is 19.4. The summed E-state index contributed by atoms with van der Waals surface area (Å²) in [5.74, 6) is 0.228. The Hall–Kier alpha value is -3.99. The molecule has 4 rings (SSSR count). The first-order valence-electron chi connectivity index (χ1n) is 10.2. The molecular weight excluding hydrogens is 455 g/mol. The van der Waals surface area contributed by atoms with E-state index in [0.717, 1.165) is 18.1 Å². The van der Waals surface area contributed by atoms with Gasteiger partial charge in [-0.25, -0.2) is 14.8 Å². The number of nitrogens with zero attached hydrogens (tertiary/aromatic N) is 7. The first-order chi connectivity index (χ1) is 16.2. The summed E-state index contributed by atoms with van der Waals surface area (Å²) >= 11 is 0. The lowest BCUT2D eigenvalue weighted by molar-refractivity contribution is -0.138. The van der Waals surface area contributed by atoms with Crippen molar-refractivity contribution in [1.82, 2.24) is 29.9 Å². The molecule has 0 amide bonds. The second-order valence-corrected chi connectivity index (χ2v) is 7.67. The second kappa shape index (κ2) is 9.48. The van der Waals surface area contributed by atoms with Crippen molar-refractivity contribution in [2.75, 3.05) is 23.4 Å². The Kier molecular flexibility index (Phi) is 6.46. The molecule has 1 atom stereocenters. The Labute approximate surface area is 191 Å². The Balaban J connectivity index is 1.31. The van der Waals surface area contributed by atoms with Crippen LogP contribution in [-0.4, -0.2) is 49.1 Å². The van der Waals surface area contributed by atoms with E-state index in [4.69, 9.17) is 11.3 Å². The van der Waals surface area contributed by atoms with E-state index in [1.54, 1.807) is 4.90 Å². The summed E-state index contributed by atoms with van der Waals surface area (Å²) in [7, 11) is 0. The van der Waals surface area contributed by atoms with Gasteiger partial charge in [-0.2, -0.15) is 23.4 Å². The molecule has 3 aromatic rings. The van der Waals surface area contributed by atoms with E-state index >= 15 is 0 Å². The van der Waals surface area contributed by atoms with Gasteiger partial charge in [0.2, 0.25) is 5.95 Å². The van der Waals surface area contributed by atoms with Crippen LogP contribution in [0, 0.1) is 6.57 Å². The predicted molar refractivity (Wildman–Crippen MR) is 114 cm³/mol. The summed E-state index contributed by atoms with van der Waals surface area (Å²) in [5.41, 5.74) is 0.394. The van der Waals surface area contributed by atoms with Crippen molar-refractivity contribution in [2.45, 2.75) is 38.8 Å². The molecular formula is C20H20F3N9O2. The first-order valence-corrected chi connectivity index (χ1v) is 10.2. The molecule has 0 fully saturated rings. The minimum Gasteiger partial charge on any atom is -0.387 e. The van der Waals surface area contributed by atoms with Crippen molar-refractivity contribution in [2.24, 2.45) is 0 Å². The third kappa shape index (κ3) is 5.15. The molecule has 34 heavy (non-hydrogen) atoms. The maximum absolute atomic E-state index is 12.7. The highest BCUT2D eigenvalue weighted by Gasteiger charge is 2.32. The number of aromatic nitrogens is 6. The number of H-pyrrole nitrogens is 1. The van der Waals surface area contributed by atoms with Crippen LogP contribution in [0.1, 0.15) is 23.9 Å². The molecule has 4 heterocycles. The molecule has 0 unspecified atom stereocenters. The van der Waals surface area contributed by atoms with Crippen molar-refractivity contribution in [3.05, 3.63) is 63.4 Å². The fourth-order valence-electron chi connectivity index (χ4n) is 3.45. The third-order valence-electron chi connectivity index (χ3n) is 5.06. The largest absolute Gasteiger partial charge is 0.419 e. The van der Waals surface area contributed by atoms with Gasteiger partial charge in [-0.15, -0.1) is 0 Å². The quantitative estimate of drug-likeness (QED) is 0.500. The Morgan fingerprint density at radius 2 is 2.06 bits per heavy atom. The van der Waals surface area contributed by atoms with Gasteiger partial charge in [0, 0.05) is 25.0 Å². The molecule has 1 aliphatic heterocycles. The minimum absolute atomic E-state index is 0.0646. The van der Waals surface area contributed by atoms with E-state index in [-0.39, 0.29) is 30.9 Å². The van der Waals surface area contributed by atoms with Crippen LogP contribution in [0.2, 0.25) is 0 Å². The lowest BCUT2D eigenvalue weighted by Crippen LogP contribution is -2.35. The molecule has 0 bridgehead atoms. The van der Waals surface area contributed by atoms with Crippen molar-refractivity contribution < 1.29 is 17.9 Å². The molecule has 0 spiro atoms. The van der Waals surface area contributed by atoms with E-state index in [1.165, 1.54) is 6.20 Å². The van der Waals surface area contributed by atoms with Gasteiger partial charge in [0.05, 0.1) is 61.7 Å². The third-order valence-corrected chi connectivity index (χ3v) is 5.06. The van der Waals surface area contributed by atoms with Crippen molar-refractivity contribution >= 4 is 17.3 Å². The number of hydrogen-bond donors (Lipinski definition) is 2. The summed E-state index contributed by atoms with van der Waals surface area (Å²) in [6.45, 7) is 11.0. The van der Waals surface area contributed by atoms with E-state index < -0.39 is 17.3 Å². The molecule has 0 saturated heterocycles. The number of aromatic amines is 1. The highest BCUT2D eigenvalue weighted by Crippen LogP contribution is 2.29. The lowest BCUT2D eigenvalue weighted by atomic mass is 10.3. The number of fused-ring (bicyclic) bond motifs is 1. The number of alkyl halides is 3. The molecule has 1 aliphatic rings. The van der Waals surface area contributed by atoms with Gasteiger partial charge < -0.3 is 15.0 Å². The average Bonchev–Trinajstić information content (AvgIpc) is 3.21. The van der Waals surface area contributed by atoms with Crippen LogP contribution in [-0.2, 0) is 30.6 Å². The standard InChI is InChI=1S/C20H20F3N9O2/c1-12(28-16-8-27-29-18(33)17(16)24-2)10-34-11-14-5-15-9-31(3-4-32(15)30-14)19-25-6-13(7-26-19)20(21,22)23/h5-8,12H,3-4,9-11H2,1H3,(H2,28,29,33)/t12-/m0/s1. The van der Waals surface area contributed by atoms with E-state index in [0.29, 0.717) is 31.0 Å². The van der Waals surface area contributed by atoms with Crippen molar-refractivity contribution in [3.8, 4) is 0 Å². The summed E-state index contributed by atoms with van der Waals surface area (Å²) in [4.78, 5) is 24.4. The Morgan fingerprint density at radius 1 is 1.29 bits per heavy atom. The smallest absolute Gasteiger partial charge is 0.387 e. The Morgan fingerprint density at radius 3 is 2.76 bits per heavy atom. The lowest BCUT2D eigenvalue weighted by Gasteiger charge is -2.27. The van der Waals surface area contributed by atoms with Crippen molar-refractivity contribution in [3.63, 3.8) is 0 Å². The minimum atomic E-state index is -4.48. The maximum atomic E-state index is 12.7. The van der Waals surface area contributed by atoms with Crippen LogP contribution in [0.15, 0.2) is 29.5 Å². The van der Waals surface area contributed by atoms with Gasteiger partial charge in [-0.1, -0.05) is 0 Å². The van der Waals surface area contributed by atoms with Gasteiger partial charge >= 0.3 is 6.18 Å². The zero-order valence-electron chi connectivity index (χ0n) is 18.0. The van der Waals surface area contributed by atoms with E-state index in [1.807, 2.05) is 17.7 Å². The van der Waals surface area contributed by atoms with E-state index in [2.05, 4.69) is 35.4 Å². The van der Waals surface area contributed by atoms with Crippen LogP contribution in [0.5, 0.6) is 0 Å². The van der Waals surface area contributed by atoms with Gasteiger partial charge in [0.1, 0.15) is 0 Å². The van der Waals surface area contributed by atoms with Gasteiger partial charge in [0.15, 0.2) is 0 Å². The number of ether oxygens (including phenoxy) is 1. The van der Waals surface area contributed by atoms with Crippen LogP contribution in [0.25, 0.3) is 4.85 Å². The maximum Gasteiger partial charge on any atom is 0.419 e. The summed E-state index contributed by atoms with van der Waals surface area (Å²) in [6, 6.07) is 1.67. The second-order valence-electron chi connectivity index (χ2n) is 7.67. The molecule has 3 aromatic heterocycles. The molecule has 0 aliphatic carbocycles. The summed E-state index contributed by atoms with van der Waals surface area (Å²) in [5, 5.41) is 13.5. The highest BCUT2D eigenvalue weighted by molar-refractivity contribution is 5.67. The summed E-state index contributed by atoms with van der Waals surface area (Å²) in [6.07, 6.45) is -1.53. The van der Waals surface area contributed by atoms with Crippen molar-refractivity contribution in [1.29, 1.82) is 0 Å². The molecule has 0 saturated carbocycles. The normalized spacial score (nSPS) is 14.4. The van der Waals surface area contributed by atoms with Gasteiger partial charge in [-0.05, 0) is 13.0 Å². The topological polar surface area (TPSA) is 118 Å². The predicted octanol–water partition coefficient (Wildman–Crippen LogP) is 2.36. The number of halogens is 3. The van der Waals surface area contributed by atoms with E-state index in [9.17, 15) is 18.0 Å². The number of hydrogen-bond acceptors (Lipinski definition) is 8. The fourth-order valence-corrected chi connectivity index (χ4v) is 3.45. The molecule has 11 nitrogen and oxygen atoms in total. The zero-order valence-corrected chi connectivity index (χ0v) is 18.0. The molecule has 0 radical (unpaired) electrons. The number of nitrogens with one attached hydrogen (secondary N) is 2. The molecule has 14 heteroatoms. The van der Waals surface area contributed by atoms with Crippen LogP contribution in [0.3, 0.4) is 0 Å².